The van der Waals surface area contributed by atoms with Gasteiger partial charge in [-0.1, -0.05) is 78.9 Å². The molecule has 0 saturated carbocycles. The standard InChI is InChI=1S/C33H25NO2/c1-24(33(36)32-15-9-8-10-28(32)23-35)20-25-16-17-27-22-31(19-18-26(27)21-25)34(29-11-4-2-5-12-29)30-13-6-3-7-14-30/h2-23H,1H3/b24-20-. The lowest BCUT2D eigenvalue weighted by Crippen LogP contribution is -2.09. The normalized spacial score (nSPS) is 11.3. The fourth-order valence-electron chi connectivity index (χ4n) is 4.42. The minimum absolute atomic E-state index is 0.144. The number of carbonyl (C=O) groups is 2. The molecule has 0 heterocycles. The van der Waals surface area contributed by atoms with E-state index in [1.165, 1.54) is 0 Å². The molecule has 5 aromatic rings. The number of allylic oxidation sites excluding steroid dienone is 1. The van der Waals surface area contributed by atoms with Gasteiger partial charge in [0.1, 0.15) is 0 Å². The highest BCUT2D eigenvalue weighted by atomic mass is 16.1. The van der Waals surface area contributed by atoms with Gasteiger partial charge in [-0.15, -0.1) is 0 Å². The van der Waals surface area contributed by atoms with Crippen LogP contribution in [0.4, 0.5) is 17.1 Å². The fraction of sp³-hybridized carbons (Fsp3) is 0.0303. The molecule has 3 nitrogen and oxygen atoms in total. The largest absolute Gasteiger partial charge is 0.310 e. The number of anilines is 3. The van der Waals surface area contributed by atoms with E-state index in [0.717, 1.165) is 39.7 Å². The van der Waals surface area contributed by atoms with Crippen molar-refractivity contribution >= 4 is 46.0 Å². The van der Waals surface area contributed by atoms with Gasteiger partial charge in [0.15, 0.2) is 12.1 Å². The summed E-state index contributed by atoms with van der Waals surface area (Å²) in [4.78, 5) is 26.5. The molecular weight excluding hydrogens is 442 g/mol. The van der Waals surface area contributed by atoms with Crippen molar-refractivity contribution in [3.8, 4) is 0 Å². The number of ketones is 1. The van der Waals surface area contributed by atoms with E-state index in [0.29, 0.717) is 16.7 Å². The Labute approximate surface area is 211 Å². The Kier molecular flexibility index (Phi) is 6.55. The first kappa shape index (κ1) is 23.0. The fourth-order valence-corrected chi connectivity index (χ4v) is 4.42. The number of fused-ring (bicyclic) bond motifs is 1. The first-order chi connectivity index (χ1) is 17.6. The summed E-state index contributed by atoms with van der Waals surface area (Å²) in [6, 6.07) is 40.1. The number of aldehydes is 1. The van der Waals surface area contributed by atoms with Gasteiger partial charge in [0.25, 0.3) is 0 Å². The number of nitrogens with zero attached hydrogens (tertiary/aromatic N) is 1. The molecule has 3 heteroatoms. The first-order valence-electron chi connectivity index (χ1n) is 11.9. The van der Waals surface area contributed by atoms with Gasteiger partial charge in [-0.25, -0.2) is 0 Å². The zero-order chi connectivity index (χ0) is 24.9. The highest BCUT2D eigenvalue weighted by Crippen LogP contribution is 2.35. The third-order valence-electron chi connectivity index (χ3n) is 6.21. The van der Waals surface area contributed by atoms with Crippen LogP contribution in [0.1, 0.15) is 33.2 Å². The number of benzene rings is 5. The smallest absolute Gasteiger partial charge is 0.189 e. The number of hydrogen-bond donors (Lipinski definition) is 0. The molecule has 0 amide bonds. The third kappa shape index (κ3) is 4.73. The van der Waals surface area contributed by atoms with Crippen molar-refractivity contribution < 1.29 is 9.59 Å². The average molecular weight is 468 g/mol. The van der Waals surface area contributed by atoms with Gasteiger partial charge < -0.3 is 4.90 Å². The van der Waals surface area contributed by atoms with Crippen LogP contribution in [0.15, 0.2) is 127 Å². The number of rotatable bonds is 7. The van der Waals surface area contributed by atoms with Gasteiger partial charge in [0.05, 0.1) is 0 Å². The van der Waals surface area contributed by atoms with E-state index in [1.54, 1.807) is 31.2 Å². The van der Waals surface area contributed by atoms with Crippen LogP contribution < -0.4 is 4.90 Å². The molecular formula is C33H25NO2. The summed E-state index contributed by atoms with van der Waals surface area (Å²) < 4.78 is 0. The van der Waals surface area contributed by atoms with Crippen LogP contribution in [0.3, 0.4) is 0 Å². The maximum atomic E-state index is 12.9. The summed E-state index contributed by atoms with van der Waals surface area (Å²) in [5, 5.41) is 2.19. The molecule has 0 saturated heterocycles. The van der Waals surface area contributed by atoms with Crippen molar-refractivity contribution in [3.05, 3.63) is 144 Å². The van der Waals surface area contributed by atoms with Crippen molar-refractivity contribution in [3.63, 3.8) is 0 Å². The summed E-state index contributed by atoms with van der Waals surface area (Å²) in [5.41, 5.74) is 5.60. The number of hydrogen-bond acceptors (Lipinski definition) is 3. The summed E-state index contributed by atoms with van der Waals surface area (Å²) in [7, 11) is 0. The van der Waals surface area contributed by atoms with E-state index < -0.39 is 0 Å². The van der Waals surface area contributed by atoms with Crippen LogP contribution >= 0.6 is 0 Å². The molecule has 0 radical (unpaired) electrons. The average Bonchev–Trinajstić information content (AvgIpc) is 2.94. The van der Waals surface area contributed by atoms with Gasteiger partial charge in [0, 0.05) is 28.2 Å². The first-order valence-corrected chi connectivity index (χ1v) is 11.9. The van der Waals surface area contributed by atoms with Crippen LogP contribution in [-0.2, 0) is 0 Å². The zero-order valence-electron chi connectivity index (χ0n) is 20.0. The van der Waals surface area contributed by atoms with Gasteiger partial charge in [0.2, 0.25) is 0 Å². The van der Waals surface area contributed by atoms with E-state index in [2.05, 4.69) is 59.5 Å². The van der Waals surface area contributed by atoms with Crippen LogP contribution in [0, 0.1) is 0 Å². The van der Waals surface area contributed by atoms with Gasteiger partial charge in [-0.05, 0) is 77.4 Å². The zero-order valence-corrected chi connectivity index (χ0v) is 20.0. The molecule has 0 bridgehead atoms. The van der Waals surface area contributed by atoms with Crippen LogP contribution in [-0.4, -0.2) is 12.1 Å². The molecule has 0 aromatic heterocycles. The van der Waals surface area contributed by atoms with E-state index in [-0.39, 0.29) is 5.78 Å². The van der Waals surface area contributed by atoms with Crippen molar-refractivity contribution in [1.29, 1.82) is 0 Å². The lowest BCUT2D eigenvalue weighted by molar-refractivity contribution is 0.102. The Hall–Kier alpha value is -4.76. The lowest BCUT2D eigenvalue weighted by Gasteiger charge is -2.25. The second-order valence-corrected chi connectivity index (χ2v) is 8.66. The van der Waals surface area contributed by atoms with E-state index >= 15 is 0 Å². The highest BCUT2D eigenvalue weighted by Gasteiger charge is 2.14. The molecule has 0 aliphatic carbocycles. The highest BCUT2D eigenvalue weighted by molar-refractivity contribution is 6.14. The van der Waals surface area contributed by atoms with E-state index in [1.807, 2.05) is 48.5 Å². The summed E-state index contributed by atoms with van der Waals surface area (Å²) in [6.45, 7) is 1.79. The molecule has 174 valence electrons. The maximum Gasteiger partial charge on any atom is 0.189 e. The van der Waals surface area contributed by atoms with Crippen LogP contribution in [0.2, 0.25) is 0 Å². The Balaban J connectivity index is 1.49. The minimum atomic E-state index is -0.144. The van der Waals surface area contributed by atoms with Crippen molar-refractivity contribution in [2.45, 2.75) is 6.92 Å². The quantitative estimate of drug-likeness (QED) is 0.137. The molecule has 0 aliphatic rings. The van der Waals surface area contributed by atoms with Gasteiger partial charge >= 0.3 is 0 Å². The number of para-hydroxylation sites is 2. The second-order valence-electron chi connectivity index (χ2n) is 8.66. The minimum Gasteiger partial charge on any atom is -0.310 e. The predicted molar refractivity (Wildman–Crippen MR) is 148 cm³/mol. The lowest BCUT2D eigenvalue weighted by atomic mass is 9.97. The van der Waals surface area contributed by atoms with Gasteiger partial charge in [-0.3, -0.25) is 9.59 Å². The van der Waals surface area contributed by atoms with Crippen LogP contribution in [0.5, 0.6) is 0 Å². The summed E-state index contributed by atoms with van der Waals surface area (Å²) in [5.74, 6) is -0.144. The number of carbonyl (C=O) groups excluding carboxylic acids is 2. The maximum absolute atomic E-state index is 12.9. The Bertz CT molecular complexity index is 1530. The Morgan fingerprint density at radius 2 is 1.22 bits per heavy atom. The molecule has 5 rings (SSSR count). The summed E-state index contributed by atoms with van der Waals surface area (Å²) >= 11 is 0. The SMILES string of the molecule is C/C(=C/c1ccc2cc(N(c3ccccc3)c3ccccc3)ccc2c1)C(=O)c1ccccc1C=O. The van der Waals surface area contributed by atoms with Gasteiger partial charge in [-0.2, -0.15) is 0 Å². The van der Waals surface area contributed by atoms with E-state index in [4.69, 9.17) is 0 Å². The summed E-state index contributed by atoms with van der Waals surface area (Å²) in [6.07, 6.45) is 2.60. The molecule has 0 spiro atoms. The molecule has 5 aromatic carbocycles. The third-order valence-corrected chi connectivity index (χ3v) is 6.21. The second kappa shape index (κ2) is 10.2. The molecule has 0 aliphatic heterocycles. The Morgan fingerprint density at radius 3 is 1.89 bits per heavy atom. The Morgan fingerprint density at radius 1 is 0.639 bits per heavy atom. The predicted octanol–water partition coefficient (Wildman–Crippen LogP) is 8.41. The van der Waals surface area contributed by atoms with E-state index in [9.17, 15) is 9.59 Å². The molecule has 0 fully saturated rings. The van der Waals surface area contributed by atoms with Crippen molar-refractivity contribution in [1.82, 2.24) is 0 Å². The monoisotopic (exact) mass is 467 g/mol. The molecule has 0 unspecified atom stereocenters. The van der Waals surface area contributed by atoms with Crippen molar-refractivity contribution in [2.75, 3.05) is 4.90 Å². The van der Waals surface area contributed by atoms with Crippen molar-refractivity contribution in [2.24, 2.45) is 0 Å². The van der Waals surface area contributed by atoms with Crippen LogP contribution in [0.25, 0.3) is 16.8 Å². The topological polar surface area (TPSA) is 37.4 Å². The molecule has 0 N–H and O–H groups in total. The number of Topliss-reactive ketones (excluding diaryl/α,β-unsaturated/α-hetero) is 1. The molecule has 36 heavy (non-hydrogen) atoms. The molecule has 0 atom stereocenters.